The summed E-state index contributed by atoms with van der Waals surface area (Å²) in [6.45, 7) is 4.38. The van der Waals surface area contributed by atoms with Crippen LogP contribution in [0.1, 0.15) is 70.6 Å². The first-order valence-electron chi connectivity index (χ1n) is 16.7. The lowest BCUT2D eigenvalue weighted by Gasteiger charge is -2.12. The van der Waals surface area contributed by atoms with Gasteiger partial charge in [-0.2, -0.15) is 0 Å². The molecule has 0 atom stereocenters. The molecule has 0 aliphatic heterocycles. The van der Waals surface area contributed by atoms with Crippen molar-refractivity contribution in [2.75, 3.05) is 33.5 Å². The monoisotopic (exact) mass is 712 g/mol. The van der Waals surface area contributed by atoms with Crippen molar-refractivity contribution >= 4 is 29.8 Å². The van der Waals surface area contributed by atoms with Gasteiger partial charge in [0.15, 0.2) is 11.5 Å². The third-order valence-corrected chi connectivity index (χ3v) is 7.39. The Kier molecular flexibility index (Phi) is 14.8. The van der Waals surface area contributed by atoms with Gasteiger partial charge in [-0.25, -0.2) is 14.4 Å². The average Bonchev–Trinajstić information content (AvgIpc) is 3.17. The summed E-state index contributed by atoms with van der Waals surface area (Å²) in [5, 5.41) is 0. The lowest BCUT2D eigenvalue weighted by Crippen LogP contribution is -2.11. The standard InChI is InChI=1S/C40H40O12/c1-4-36(41)48-23-6-22-47-32-17-14-30(15-18-32)39(44)52-34-21-16-31(26-35(34)46-3)40(45)51-33-19-12-28(13-20-33)27-8-10-29(11-9-27)38(43)50-25-7-24-49-37(42)5-2/h8-21,26H,4-7,22-25H2,1-3H3. The lowest BCUT2D eigenvalue weighted by molar-refractivity contribution is -0.144. The van der Waals surface area contributed by atoms with Crippen LogP contribution in [0.5, 0.6) is 23.0 Å². The van der Waals surface area contributed by atoms with Crippen molar-refractivity contribution < 1.29 is 57.1 Å². The quantitative estimate of drug-likeness (QED) is 0.0451. The molecule has 4 aromatic carbocycles. The first-order valence-corrected chi connectivity index (χ1v) is 16.7. The van der Waals surface area contributed by atoms with E-state index in [0.717, 1.165) is 11.1 Å². The van der Waals surface area contributed by atoms with Gasteiger partial charge >= 0.3 is 29.8 Å². The largest absolute Gasteiger partial charge is 0.493 e. The maximum Gasteiger partial charge on any atom is 0.343 e. The number of esters is 5. The van der Waals surface area contributed by atoms with E-state index in [2.05, 4.69) is 0 Å². The number of hydrogen-bond acceptors (Lipinski definition) is 12. The van der Waals surface area contributed by atoms with Crippen molar-refractivity contribution in [2.45, 2.75) is 39.5 Å². The lowest BCUT2D eigenvalue weighted by atomic mass is 10.0. The molecule has 0 N–H and O–H groups in total. The third-order valence-electron chi connectivity index (χ3n) is 7.39. The predicted molar refractivity (Wildman–Crippen MR) is 189 cm³/mol. The highest BCUT2D eigenvalue weighted by Crippen LogP contribution is 2.30. The maximum absolute atomic E-state index is 13.0. The second-order valence-corrected chi connectivity index (χ2v) is 11.1. The summed E-state index contributed by atoms with van der Waals surface area (Å²) in [5.41, 5.74) is 2.51. The molecule has 12 nitrogen and oxygen atoms in total. The first-order chi connectivity index (χ1) is 25.2. The van der Waals surface area contributed by atoms with Gasteiger partial charge in [0.25, 0.3) is 0 Å². The second-order valence-electron chi connectivity index (χ2n) is 11.1. The van der Waals surface area contributed by atoms with E-state index >= 15 is 0 Å². The van der Waals surface area contributed by atoms with E-state index in [4.69, 9.17) is 33.2 Å². The van der Waals surface area contributed by atoms with Crippen LogP contribution in [0, 0.1) is 0 Å². The van der Waals surface area contributed by atoms with Crippen molar-refractivity contribution in [1.29, 1.82) is 0 Å². The fraction of sp³-hybridized carbons (Fsp3) is 0.275. The molecule has 0 aliphatic carbocycles. The highest BCUT2D eigenvalue weighted by molar-refractivity contribution is 5.94. The summed E-state index contributed by atoms with van der Waals surface area (Å²) in [4.78, 5) is 60.4. The minimum absolute atomic E-state index is 0.115. The third kappa shape index (κ3) is 11.7. The van der Waals surface area contributed by atoms with E-state index in [1.165, 1.54) is 25.3 Å². The molecule has 0 bridgehead atoms. The molecule has 272 valence electrons. The fourth-order valence-electron chi connectivity index (χ4n) is 4.54. The fourth-order valence-corrected chi connectivity index (χ4v) is 4.54. The number of rotatable bonds is 18. The zero-order chi connectivity index (χ0) is 37.3. The molecule has 0 unspecified atom stereocenters. The van der Waals surface area contributed by atoms with Crippen molar-refractivity contribution in [3.05, 3.63) is 108 Å². The van der Waals surface area contributed by atoms with Gasteiger partial charge in [-0.15, -0.1) is 0 Å². The van der Waals surface area contributed by atoms with Gasteiger partial charge in [-0.05, 0) is 77.9 Å². The zero-order valence-electron chi connectivity index (χ0n) is 29.2. The minimum atomic E-state index is -0.644. The summed E-state index contributed by atoms with van der Waals surface area (Å²) in [5.74, 6) is -1.19. The van der Waals surface area contributed by atoms with Crippen molar-refractivity contribution in [3.8, 4) is 34.1 Å². The Labute approximate surface area is 301 Å². The first kappa shape index (κ1) is 38.6. The molecule has 0 aliphatic rings. The average molecular weight is 713 g/mol. The Bertz CT molecular complexity index is 1810. The number of methoxy groups -OCH3 is 1. The number of carbonyl (C=O) groups excluding carboxylic acids is 5. The molecule has 52 heavy (non-hydrogen) atoms. The van der Waals surface area contributed by atoms with Crippen molar-refractivity contribution in [2.24, 2.45) is 0 Å². The number of carbonyl (C=O) groups is 5. The SMILES string of the molecule is CCC(=O)OCCCOC(=O)c1ccc(-c2ccc(OC(=O)c3ccc(OC(=O)c4ccc(OCCCOC(=O)CC)cc4)c(OC)c3)cc2)cc1. The molecule has 0 spiro atoms. The van der Waals surface area contributed by atoms with Crippen LogP contribution < -0.4 is 18.9 Å². The van der Waals surface area contributed by atoms with Crippen molar-refractivity contribution in [3.63, 3.8) is 0 Å². The highest BCUT2D eigenvalue weighted by atomic mass is 16.6. The molecule has 12 heteroatoms. The summed E-state index contributed by atoms with van der Waals surface area (Å²) in [7, 11) is 1.39. The van der Waals surface area contributed by atoms with Crippen LogP contribution in [0.4, 0.5) is 0 Å². The summed E-state index contributed by atoms with van der Waals surface area (Å²) < 4.78 is 37.3. The van der Waals surface area contributed by atoms with Crippen molar-refractivity contribution in [1.82, 2.24) is 0 Å². The molecule has 0 fully saturated rings. The zero-order valence-corrected chi connectivity index (χ0v) is 29.2. The van der Waals surface area contributed by atoms with Crippen LogP contribution in [0.2, 0.25) is 0 Å². The molecule has 0 aromatic heterocycles. The van der Waals surface area contributed by atoms with E-state index in [0.29, 0.717) is 49.4 Å². The molecule has 0 amide bonds. The van der Waals surface area contributed by atoms with E-state index in [1.54, 1.807) is 86.6 Å². The van der Waals surface area contributed by atoms with E-state index in [1.807, 2.05) is 0 Å². The number of benzene rings is 4. The maximum atomic E-state index is 13.0. The molecule has 0 heterocycles. The summed E-state index contributed by atoms with van der Waals surface area (Å²) in [6, 6.07) is 24.4. The number of hydrogen-bond donors (Lipinski definition) is 0. The van der Waals surface area contributed by atoms with E-state index in [-0.39, 0.29) is 54.4 Å². The minimum Gasteiger partial charge on any atom is -0.493 e. The Morgan fingerprint density at radius 1 is 0.481 bits per heavy atom. The topological polar surface area (TPSA) is 150 Å². The van der Waals surface area contributed by atoms with Crippen LogP contribution in [0.3, 0.4) is 0 Å². The van der Waals surface area contributed by atoms with Crippen LogP contribution in [-0.4, -0.2) is 63.4 Å². The van der Waals surface area contributed by atoms with Gasteiger partial charge in [0, 0.05) is 25.7 Å². The molecule has 0 saturated carbocycles. The Hall–Kier alpha value is -6.17. The Morgan fingerprint density at radius 2 is 0.962 bits per heavy atom. The van der Waals surface area contributed by atoms with E-state index in [9.17, 15) is 24.0 Å². The molecule has 0 radical (unpaired) electrons. The van der Waals surface area contributed by atoms with Gasteiger partial charge in [0.1, 0.15) is 11.5 Å². The van der Waals surface area contributed by atoms with Gasteiger partial charge in [-0.3, -0.25) is 9.59 Å². The smallest absolute Gasteiger partial charge is 0.343 e. The van der Waals surface area contributed by atoms with Crippen LogP contribution in [0.25, 0.3) is 11.1 Å². The molecule has 4 rings (SSSR count). The second kappa shape index (κ2) is 19.9. The molecule has 0 saturated heterocycles. The molecular formula is C40H40O12. The molecular weight excluding hydrogens is 672 g/mol. The van der Waals surface area contributed by atoms with Crippen LogP contribution in [0.15, 0.2) is 91.0 Å². The Morgan fingerprint density at radius 3 is 1.56 bits per heavy atom. The van der Waals surface area contributed by atoms with Crippen LogP contribution in [-0.2, 0) is 23.8 Å². The van der Waals surface area contributed by atoms with Gasteiger partial charge < -0.3 is 33.2 Å². The highest BCUT2D eigenvalue weighted by Gasteiger charge is 2.17. The van der Waals surface area contributed by atoms with Crippen LogP contribution >= 0.6 is 0 Å². The van der Waals surface area contributed by atoms with E-state index < -0.39 is 17.9 Å². The van der Waals surface area contributed by atoms with Gasteiger partial charge in [0.05, 0.1) is 50.2 Å². The summed E-state index contributed by atoms with van der Waals surface area (Å²) in [6.07, 6.45) is 1.57. The predicted octanol–water partition coefficient (Wildman–Crippen LogP) is 7.02. The molecule has 4 aromatic rings. The van der Waals surface area contributed by atoms with Gasteiger partial charge in [0.2, 0.25) is 0 Å². The number of ether oxygens (including phenoxy) is 7. The van der Waals surface area contributed by atoms with Gasteiger partial charge in [-0.1, -0.05) is 38.1 Å². The summed E-state index contributed by atoms with van der Waals surface area (Å²) >= 11 is 0. The Balaban J connectivity index is 1.26. The normalized spacial score (nSPS) is 10.4.